The van der Waals surface area contributed by atoms with Crippen LogP contribution in [0.4, 0.5) is 0 Å². The third kappa shape index (κ3) is 2.69. The van der Waals surface area contributed by atoms with Crippen LogP contribution in [-0.4, -0.2) is 25.2 Å². The summed E-state index contributed by atoms with van der Waals surface area (Å²) in [6.45, 7) is 4.21. The largest absolute Gasteiger partial charge is 0.469 e. The normalized spacial score (nSPS) is 28.0. The Morgan fingerprint density at radius 1 is 1.46 bits per heavy atom. The Kier molecular flexibility index (Phi) is 3.72. The number of ether oxygens (including phenoxy) is 1. The molecule has 0 aliphatic heterocycles. The predicted molar refractivity (Wildman–Crippen MR) is 51.4 cm³/mol. The maximum Gasteiger partial charge on any atom is 0.310 e. The Hall–Kier alpha value is -0.570. The fourth-order valence-corrected chi connectivity index (χ4v) is 2.02. The van der Waals surface area contributed by atoms with Gasteiger partial charge in [-0.05, 0) is 12.8 Å². The SMILES string of the molecule is COC(=O)C1CCCC1NC(C)C. The minimum Gasteiger partial charge on any atom is -0.469 e. The standard InChI is InChI=1S/C10H19NO2/c1-7(2)11-9-6-4-5-8(9)10(12)13-3/h7-9,11H,4-6H2,1-3H3. The van der Waals surface area contributed by atoms with E-state index in [1.807, 2.05) is 0 Å². The number of hydrogen-bond acceptors (Lipinski definition) is 3. The molecule has 2 unspecified atom stereocenters. The van der Waals surface area contributed by atoms with Crippen LogP contribution in [0, 0.1) is 5.92 Å². The van der Waals surface area contributed by atoms with E-state index in [9.17, 15) is 4.79 Å². The average molecular weight is 185 g/mol. The topological polar surface area (TPSA) is 38.3 Å². The van der Waals surface area contributed by atoms with E-state index in [1.54, 1.807) is 0 Å². The summed E-state index contributed by atoms with van der Waals surface area (Å²) in [5.41, 5.74) is 0. The third-order valence-corrected chi connectivity index (χ3v) is 2.57. The molecule has 3 nitrogen and oxygen atoms in total. The molecule has 0 amide bonds. The van der Waals surface area contributed by atoms with E-state index in [2.05, 4.69) is 19.2 Å². The first-order chi connectivity index (χ1) is 6.15. The maximum atomic E-state index is 11.3. The Bertz CT molecular complexity index is 180. The minimum absolute atomic E-state index is 0.0596. The molecule has 1 aliphatic rings. The van der Waals surface area contributed by atoms with Crippen LogP contribution in [0.15, 0.2) is 0 Å². The summed E-state index contributed by atoms with van der Waals surface area (Å²) in [4.78, 5) is 11.3. The molecule has 1 saturated carbocycles. The summed E-state index contributed by atoms with van der Waals surface area (Å²) >= 11 is 0. The molecule has 1 N–H and O–H groups in total. The van der Waals surface area contributed by atoms with Crippen molar-refractivity contribution in [3.05, 3.63) is 0 Å². The van der Waals surface area contributed by atoms with E-state index < -0.39 is 0 Å². The fraction of sp³-hybridized carbons (Fsp3) is 0.900. The molecule has 2 atom stereocenters. The molecule has 0 bridgehead atoms. The smallest absolute Gasteiger partial charge is 0.310 e. The molecule has 0 radical (unpaired) electrons. The maximum absolute atomic E-state index is 11.3. The molecule has 1 rings (SSSR count). The second-order valence-electron chi connectivity index (χ2n) is 3.99. The summed E-state index contributed by atoms with van der Waals surface area (Å²) in [5, 5.41) is 3.41. The monoisotopic (exact) mass is 185 g/mol. The highest BCUT2D eigenvalue weighted by Gasteiger charge is 2.33. The number of carbonyl (C=O) groups is 1. The van der Waals surface area contributed by atoms with E-state index in [0.717, 1.165) is 19.3 Å². The van der Waals surface area contributed by atoms with Gasteiger partial charge in [-0.15, -0.1) is 0 Å². The van der Waals surface area contributed by atoms with Gasteiger partial charge in [-0.2, -0.15) is 0 Å². The molecule has 76 valence electrons. The van der Waals surface area contributed by atoms with Crippen molar-refractivity contribution in [1.29, 1.82) is 0 Å². The van der Waals surface area contributed by atoms with Crippen molar-refractivity contribution in [3.8, 4) is 0 Å². The van der Waals surface area contributed by atoms with E-state index in [-0.39, 0.29) is 11.9 Å². The number of hydrogen-bond donors (Lipinski definition) is 1. The molecule has 3 heteroatoms. The molecular formula is C10H19NO2. The molecule has 0 heterocycles. The Labute approximate surface area is 79.8 Å². The lowest BCUT2D eigenvalue weighted by Gasteiger charge is -2.21. The highest BCUT2D eigenvalue weighted by Crippen LogP contribution is 2.26. The van der Waals surface area contributed by atoms with Crippen LogP contribution < -0.4 is 5.32 Å². The van der Waals surface area contributed by atoms with Gasteiger partial charge in [0.15, 0.2) is 0 Å². The van der Waals surface area contributed by atoms with Crippen molar-refractivity contribution < 1.29 is 9.53 Å². The van der Waals surface area contributed by atoms with Crippen LogP contribution in [0.3, 0.4) is 0 Å². The lowest BCUT2D eigenvalue weighted by Crippen LogP contribution is -2.40. The van der Waals surface area contributed by atoms with Crippen LogP contribution in [0.25, 0.3) is 0 Å². The fourth-order valence-electron chi connectivity index (χ4n) is 2.02. The van der Waals surface area contributed by atoms with Crippen molar-refractivity contribution in [2.75, 3.05) is 7.11 Å². The molecule has 1 fully saturated rings. The van der Waals surface area contributed by atoms with Gasteiger partial charge >= 0.3 is 5.97 Å². The number of nitrogens with one attached hydrogen (secondary N) is 1. The number of esters is 1. The van der Waals surface area contributed by atoms with Crippen LogP contribution >= 0.6 is 0 Å². The zero-order chi connectivity index (χ0) is 9.84. The summed E-state index contributed by atoms with van der Waals surface area (Å²) in [7, 11) is 1.47. The van der Waals surface area contributed by atoms with Gasteiger partial charge in [0.05, 0.1) is 13.0 Å². The lowest BCUT2D eigenvalue weighted by atomic mass is 10.0. The molecular weight excluding hydrogens is 166 g/mol. The van der Waals surface area contributed by atoms with Gasteiger partial charge in [0, 0.05) is 12.1 Å². The van der Waals surface area contributed by atoms with Gasteiger partial charge in [0.25, 0.3) is 0 Å². The summed E-state index contributed by atoms with van der Waals surface area (Å²) in [6.07, 6.45) is 3.19. The first-order valence-corrected chi connectivity index (χ1v) is 4.99. The van der Waals surface area contributed by atoms with Crippen molar-refractivity contribution in [1.82, 2.24) is 5.32 Å². The van der Waals surface area contributed by atoms with E-state index >= 15 is 0 Å². The first-order valence-electron chi connectivity index (χ1n) is 4.99. The van der Waals surface area contributed by atoms with E-state index in [0.29, 0.717) is 12.1 Å². The Morgan fingerprint density at radius 3 is 2.69 bits per heavy atom. The zero-order valence-corrected chi connectivity index (χ0v) is 8.67. The van der Waals surface area contributed by atoms with Crippen molar-refractivity contribution in [2.24, 2.45) is 5.92 Å². The van der Waals surface area contributed by atoms with Gasteiger partial charge in [-0.1, -0.05) is 20.3 Å². The Balaban J connectivity index is 2.48. The molecule has 0 saturated heterocycles. The van der Waals surface area contributed by atoms with Crippen LogP contribution in [0.1, 0.15) is 33.1 Å². The van der Waals surface area contributed by atoms with Gasteiger partial charge in [-0.25, -0.2) is 0 Å². The molecule has 0 aromatic carbocycles. The summed E-state index contributed by atoms with van der Waals surface area (Å²) in [6, 6.07) is 0.766. The highest BCUT2D eigenvalue weighted by atomic mass is 16.5. The van der Waals surface area contributed by atoms with Crippen molar-refractivity contribution in [2.45, 2.75) is 45.2 Å². The third-order valence-electron chi connectivity index (χ3n) is 2.57. The second-order valence-corrected chi connectivity index (χ2v) is 3.99. The van der Waals surface area contributed by atoms with Crippen LogP contribution in [0.2, 0.25) is 0 Å². The van der Waals surface area contributed by atoms with Crippen LogP contribution in [0.5, 0.6) is 0 Å². The van der Waals surface area contributed by atoms with Crippen LogP contribution in [-0.2, 0) is 9.53 Å². The average Bonchev–Trinajstić information content (AvgIpc) is 2.50. The molecule has 0 aromatic heterocycles. The minimum atomic E-state index is -0.0596. The summed E-state index contributed by atoms with van der Waals surface area (Å²) < 4.78 is 4.77. The first kappa shape index (κ1) is 10.5. The van der Waals surface area contributed by atoms with Gasteiger partial charge in [0.2, 0.25) is 0 Å². The summed E-state index contributed by atoms with van der Waals surface area (Å²) in [5.74, 6) is 0.0167. The van der Waals surface area contributed by atoms with Crippen molar-refractivity contribution >= 4 is 5.97 Å². The number of rotatable bonds is 3. The molecule has 0 spiro atoms. The van der Waals surface area contributed by atoms with E-state index in [4.69, 9.17) is 4.74 Å². The second kappa shape index (κ2) is 4.61. The van der Waals surface area contributed by atoms with Gasteiger partial charge < -0.3 is 10.1 Å². The molecule has 1 aliphatic carbocycles. The van der Waals surface area contributed by atoms with E-state index in [1.165, 1.54) is 7.11 Å². The highest BCUT2D eigenvalue weighted by molar-refractivity contribution is 5.73. The molecule has 13 heavy (non-hydrogen) atoms. The molecule has 0 aromatic rings. The van der Waals surface area contributed by atoms with Gasteiger partial charge in [0.1, 0.15) is 0 Å². The zero-order valence-electron chi connectivity index (χ0n) is 8.67. The lowest BCUT2D eigenvalue weighted by molar-refractivity contribution is -0.145. The Morgan fingerprint density at radius 2 is 2.15 bits per heavy atom. The van der Waals surface area contributed by atoms with Crippen molar-refractivity contribution in [3.63, 3.8) is 0 Å². The number of methoxy groups -OCH3 is 1. The number of carbonyl (C=O) groups excluding carboxylic acids is 1. The predicted octanol–water partition coefficient (Wildman–Crippen LogP) is 1.33. The quantitative estimate of drug-likeness (QED) is 0.674. The van der Waals surface area contributed by atoms with Gasteiger partial charge in [-0.3, -0.25) is 4.79 Å².